The third kappa shape index (κ3) is 5.31. The first-order valence-electron chi connectivity index (χ1n) is 13.7. The number of oxime groups is 1. The minimum Gasteiger partial charge on any atom is -0.481 e. The van der Waals surface area contributed by atoms with Gasteiger partial charge in [0.2, 0.25) is 5.91 Å². The van der Waals surface area contributed by atoms with E-state index in [-0.39, 0.29) is 17.7 Å². The molecule has 0 bridgehead atoms. The highest BCUT2D eigenvalue weighted by molar-refractivity contribution is 5.91. The van der Waals surface area contributed by atoms with Crippen molar-refractivity contribution >= 4 is 17.6 Å². The van der Waals surface area contributed by atoms with E-state index in [9.17, 15) is 14.7 Å². The number of carboxylic acids is 1. The lowest BCUT2D eigenvalue weighted by atomic mass is 9.47. The van der Waals surface area contributed by atoms with Crippen LogP contribution in [0, 0.1) is 40.4 Å². The van der Waals surface area contributed by atoms with Crippen molar-refractivity contribution < 1.29 is 19.5 Å². The standard InChI is InChI=1S/C28H48N2O4/c1-7-34-29-24-14-11-20-22-13-12-21(19(2)9-8-10-25(31)30(5)6)27(22,3)17-15-23(20)28(24,4)18-16-26(32)33/h19-23H,7-18H2,1-6H3,(H,32,33)/t19-,20+,21-,22+,23+,27-,28-/m1/s1. The molecule has 6 heteroatoms. The summed E-state index contributed by atoms with van der Waals surface area (Å²) in [5.74, 6) is 2.71. The van der Waals surface area contributed by atoms with E-state index in [1.54, 1.807) is 4.90 Å². The summed E-state index contributed by atoms with van der Waals surface area (Å²) in [5, 5.41) is 14.0. The van der Waals surface area contributed by atoms with Gasteiger partial charge in [0.15, 0.2) is 0 Å². The molecule has 6 nitrogen and oxygen atoms in total. The average molecular weight is 477 g/mol. The second kappa shape index (κ2) is 11.0. The highest BCUT2D eigenvalue weighted by Gasteiger charge is 2.59. The van der Waals surface area contributed by atoms with Crippen LogP contribution in [-0.2, 0) is 14.4 Å². The molecule has 1 amide bonds. The molecule has 194 valence electrons. The summed E-state index contributed by atoms with van der Waals surface area (Å²) in [6, 6.07) is 0. The Morgan fingerprint density at radius 2 is 1.88 bits per heavy atom. The van der Waals surface area contributed by atoms with Crippen LogP contribution >= 0.6 is 0 Å². The van der Waals surface area contributed by atoms with Crippen LogP contribution in [0.3, 0.4) is 0 Å². The number of fused-ring (bicyclic) bond motifs is 3. The van der Waals surface area contributed by atoms with Gasteiger partial charge in [0.1, 0.15) is 6.61 Å². The largest absolute Gasteiger partial charge is 0.481 e. The van der Waals surface area contributed by atoms with E-state index in [1.807, 2.05) is 21.0 Å². The van der Waals surface area contributed by atoms with Crippen molar-refractivity contribution in [1.29, 1.82) is 0 Å². The third-order valence-electron chi connectivity index (χ3n) is 10.1. The van der Waals surface area contributed by atoms with E-state index in [1.165, 1.54) is 19.3 Å². The number of carboxylic acid groups (broad SMARTS) is 1. The van der Waals surface area contributed by atoms with Crippen LogP contribution in [0.5, 0.6) is 0 Å². The lowest BCUT2D eigenvalue weighted by Gasteiger charge is -2.57. The molecule has 0 aromatic heterocycles. The zero-order valence-electron chi connectivity index (χ0n) is 22.4. The Kier molecular flexibility index (Phi) is 8.73. The van der Waals surface area contributed by atoms with Crippen LogP contribution in [-0.4, -0.2) is 48.3 Å². The van der Waals surface area contributed by atoms with Gasteiger partial charge in [-0.2, -0.15) is 0 Å². The summed E-state index contributed by atoms with van der Waals surface area (Å²) in [7, 11) is 3.68. The maximum Gasteiger partial charge on any atom is 0.303 e. The lowest BCUT2D eigenvalue weighted by Crippen LogP contribution is -2.52. The molecule has 3 aliphatic rings. The van der Waals surface area contributed by atoms with Gasteiger partial charge in [0.05, 0.1) is 5.71 Å². The molecule has 3 aliphatic carbocycles. The highest BCUT2D eigenvalue weighted by Crippen LogP contribution is 2.66. The van der Waals surface area contributed by atoms with Crippen molar-refractivity contribution in [2.24, 2.45) is 45.6 Å². The molecule has 0 aromatic carbocycles. The summed E-state index contributed by atoms with van der Waals surface area (Å²) in [6.45, 7) is 9.73. The quantitative estimate of drug-likeness (QED) is 0.392. The topological polar surface area (TPSA) is 79.2 Å². The van der Waals surface area contributed by atoms with Crippen LogP contribution in [0.25, 0.3) is 0 Å². The van der Waals surface area contributed by atoms with Crippen LogP contribution in [0.1, 0.15) is 98.3 Å². The minimum absolute atomic E-state index is 0.186. The third-order valence-corrected chi connectivity index (χ3v) is 10.1. The van der Waals surface area contributed by atoms with Gasteiger partial charge in [-0.25, -0.2) is 0 Å². The number of carbonyl (C=O) groups excluding carboxylic acids is 1. The van der Waals surface area contributed by atoms with Gasteiger partial charge in [-0.15, -0.1) is 0 Å². The molecular formula is C28H48N2O4. The predicted molar refractivity (Wildman–Crippen MR) is 136 cm³/mol. The molecule has 3 saturated carbocycles. The van der Waals surface area contributed by atoms with Crippen molar-refractivity contribution in [2.75, 3.05) is 20.7 Å². The zero-order valence-corrected chi connectivity index (χ0v) is 22.4. The molecule has 1 N–H and O–H groups in total. The SMILES string of the molecule is CCON=C1CC[C@H]2[C@@H]3CC[C@H]([C@H](C)CCCC(=O)N(C)C)[C@@]3(C)CC[C@@H]2[C@@]1(C)CCC(=O)O. The van der Waals surface area contributed by atoms with Crippen molar-refractivity contribution in [1.82, 2.24) is 4.90 Å². The van der Waals surface area contributed by atoms with E-state index in [0.717, 1.165) is 43.7 Å². The monoisotopic (exact) mass is 476 g/mol. The fraction of sp³-hybridized carbons (Fsp3) is 0.893. The number of aliphatic carboxylic acids is 1. The summed E-state index contributed by atoms with van der Waals surface area (Å²) in [5.41, 5.74) is 1.26. The number of nitrogens with zero attached hydrogens (tertiary/aromatic N) is 2. The molecule has 0 heterocycles. The number of hydrogen-bond donors (Lipinski definition) is 1. The lowest BCUT2D eigenvalue weighted by molar-refractivity contribution is -0.138. The second-order valence-corrected chi connectivity index (χ2v) is 12.1. The first-order valence-corrected chi connectivity index (χ1v) is 13.7. The summed E-state index contributed by atoms with van der Waals surface area (Å²) in [6.07, 6.45) is 10.6. The summed E-state index contributed by atoms with van der Waals surface area (Å²) in [4.78, 5) is 30.7. The predicted octanol–water partition coefficient (Wildman–Crippen LogP) is 6.00. The van der Waals surface area contributed by atoms with E-state index >= 15 is 0 Å². The molecule has 0 spiro atoms. The fourth-order valence-corrected chi connectivity index (χ4v) is 8.25. The number of carbonyl (C=O) groups is 2. The van der Waals surface area contributed by atoms with Gasteiger partial charge in [0, 0.05) is 32.4 Å². The number of amides is 1. The molecule has 0 aromatic rings. The molecule has 7 atom stereocenters. The molecule has 34 heavy (non-hydrogen) atoms. The summed E-state index contributed by atoms with van der Waals surface area (Å²) < 4.78 is 0. The van der Waals surface area contributed by atoms with Gasteiger partial charge in [-0.05, 0) is 99.7 Å². The van der Waals surface area contributed by atoms with E-state index in [2.05, 4.69) is 25.9 Å². The maximum absolute atomic E-state index is 12.0. The fourth-order valence-electron chi connectivity index (χ4n) is 8.25. The van der Waals surface area contributed by atoms with Gasteiger partial charge in [-0.3, -0.25) is 9.59 Å². The van der Waals surface area contributed by atoms with Crippen LogP contribution in [0.15, 0.2) is 5.16 Å². The Morgan fingerprint density at radius 3 is 2.53 bits per heavy atom. The Bertz CT molecular complexity index is 766. The molecule has 0 radical (unpaired) electrons. The Labute approximate surface area is 206 Å². The Morgan fingerprint density at radius 1 is 1.15 bits per heavy atom. The van der Waals surface area contributed by atoms with Crippen LogP contribution in [0.4, 0.5) is 0 Å². The molecule has 0 aliphatic heterocycles. The molecule has 0 unspecified atom stereocenters. The van der Waals surface area contributed by atoms with E-state index in [4.69, 9.17) is 4.84 Å². The first-order chi connectivity index (χ1) is 16.0. The van der Waals surface area contributed by atoms with Gasteiger partial charge in [-0.1, -0.05) is 25.9 Å². The molecule has 3 fully saturated rings. The van der Waals surface area contributed by atoms with Gasteiger partial charge >= 0.3 is 5.97 Å². The van der Waals surface area contributed by atoms with Gasteiger partial charge < -0.3 is 14.8 Å². The first kappa shape index (κ1) is 27.0. The normalized spacial score (nSPS) is 37.1. The zero-order chi connectivity index (χ0) is 25.1. The smallest absolute Gasteiger partial charge is 0.303 e. The van der Waals surface area contributed by atoms with Crippen LogP contribution in [0.2, 0.25) is 0 Å². The molecular weight excluding hydrogens is 428 g/mol. The highest BCUT2D eigenvalue weighted by atomic mass is 16.6. The van der Waals surface area contributed by atoms with Crippen molar-refractivity contribution in [3.05, 3.63) is 0 Å². The van der Waals surface area contributed by atoms with Gasteiger partial charge in [0.25, 0.3) is 0 Å². The maximum atomic E-state index is 12.0. The summed E-state index contributed by atoms with van der Waals surface area (Å²) >= 11 is 0. The van der Waals surface area contributed by atoms with Crippen molar-refractivity contribution in [2.45, 2.75) is 98.3 Å². The average Bonchev–Trinajstić information content (AvgIpc) is 3.14. The molecule has 3 rings (SSSR count). The van der Waals surface area contributed by atoms with E-state index in [0.29, 0.717) is 48.5 Å². The van der Waals surface area contributed by atoms with Crippen molar-refractivity contribution in [3.63, 3.8) is 0 Å². The second-order valence-electron chi connectivity index (χ2n) is 12.1. The number of hydrogen-bond acceptors (Lipinski definition) is 4. The van der Waals surface area contributed by atoms with Crippen LogP contribution < -0.4 is 0 Å². The van der Waals surface area contributed by atoms with Crippen molar-refractivity contribution in [3.8, 4) is 0 Å². The Balaban J connectivity index is 1.74. The Hall–Kier alpha value is -1.59. The van der Waals surface area contributed by atoms with E-state index < -0.39 is 5.97 Å². The minimum atomic E-state index is -0.720. The number of rotatable bonds is 10. The molecule has 0 saturated heterocycles.